The number of hydrogen-bond donors (Lipinski definition) is 3. The number of rotatable bonds is 10. The number of anilines is 2. The van der Waals surface area contributed by atoms with Crippen molar-refractivity contribution in [3.8, 4) is 0 Å². The smallest absolute Gasteiger partial charge is 0.251 e. The molecular weight excluding hydrogens is 464 g/mol. The van der Waals surface area contributed by atoms with Crippen LogP contribution in [0.25, 0.3) is 0 Å². The summed E-state index contributed by atoms with van der Waals surface area (Å²) in [6.45, 7) is 9.26. The van der Waals surface area contributed by atoms with Gasteiger partial charge in [0.15, 0.2) is 0 Å². The number of benzene rings is 1. The van der Waals surface area contributed by atoms with Crippen molar-refractivity contribution in [2.24, 2.45) is 0 Å². The number of nitrogens with one attached hydrogen (secondary N) is 3. The molecule has 0 bridgehead atoms. The zero-order chi connectivity index (χ0) is 25.5. The summed E-state index contributed by atoms with van der Waals surface area (Å²) < 4.78 is 0. The average molecular weight is 503 g/mol. The van der Waals surface area contributed by atoms with Gasteiger partial charge in [0.2, 0.25) is 5.95 Å². The van der Waals surface area contributed by atoms with Crippen LogP contribution >= 0.6 is 0 Å². The fourth-order valence-electron chi connectivity index (χ4n) is 5.26. The van der Waals surface area contributed by atoms with Crippen LogP contribution in [0, 0.1) is 6.92 Å². The molecule has 196 valence electrons. The van der Waals surface area contributed by atoms with Crippen molar-refractivity contribution in [2.75, 3.05) is 43.4 Å². The third-order valence-electron chi connectivity index (χ3n) is 7.12. The van der Waals surface area contributed by atoms with Gasteiger partial charge in [-0.15, -0.1) is 0 Å². The van der Waals surface area contributed by atoms with Gasteiger partial charge in [-0.3, -0.25) is 9.69 Å². The number of fused-ring (bicyclic) bond motifs is 1. The van der Waals surface area contributed by atoms with Gasteiger partial charge in [-0.05, 0) is 57.8 Å². The number of nitrogens with zero attached hydrogens (tertiary/aromatic N) is 5. The lowest BCUT2D eigenvalue weighted by Gasteiger charge is -2.29. The molecular formula is C28H38N8O. The summed E-state index contributed by atoms with van der Waals surface area (Å²) in [5.41, 5.74) is 4.09. The first-order chi connectivity index (χ1) is 18.1. The maximum atomic E-state index is 11.9. The standard InChI is InChI=1S/C28H38N8O/c1-21-17-26(37)33-25(31-21)18-30-27-23-11-16-36(19-22-9-4-2-5-10-22)20-24(23)32-28(34-27)29-12-8-15-35-13-6-3-7-14-35/h2,4-5,9-10,17H,3,6-8,11-16,18-20H2,1H3,(H,31,33,37)(H2,29,30,32,34). The lowest BCUT2D eigenvalue weighted by Crippen LogP contribution is -2.32. The highest BCUT2D eigenvalue weighted by Gasteiger charge is 2.23. The van der Waals surface area contributed by atoms with Crippen LogP contribution in [0.15, 0.2) is 41.2 Å². The van der Waals surface area contributed by atoms with Gasteiger partial charge in [0, 0.05) is 43.5 Å². The van der Waals surface area contributed by atoms with E-state index < -0.39 is 0 Å². The van der Waals surface area contributed by atoms with E-state index in [1.165, 1.54) is 44.0 Å². The Bertz CT molecular complexity index is 1220. The fraction of sp³-hybridized carbons (Fsp3) is 0.500. The molecule has 0 amide bonds. The fourth-order valence-corrected chi connectivity index (χ4v) is 5.26. The van der Waals surface area contributed by atoms with E-state index >= 15 is 0 Å². The van der Waals surface area contributed by atoms with Crippen LogP contribution in [-0.4, -0.2) is 62.5 Å². The quantitative estimate of drug-likeness (QED) is 0.363. The summed E-state index contributed by atoms with van der Waals surface area (Å²) in [5.74, 6) is 2.09. The molecule has 1 aromatic carbocycles. The van der Waals surface area contributed by atoms with Gasteiger partial charge in [-0.1, -0.05) is 36.8 Å². The maximum Gasteiger partial charge on any atom is 0.251 e. The normalized spacial score (nSPS) is 16.4. The molecule has 2 aromatic heterocycles. The summed E-state index contributed by atoms with van der Waals surface area (Å²) in [4.78, 5) is 34.0. The topological polar surface area (TPSA) is 102 Å². The van der Waals surface area contributed by atoms with E-state index in [4.69, 9.17) is 9.97 Å². The van der Waals surface area contributed by atoms with E-state index in [1.807, 2.05) is 6.92 Å². The average Bonchev–Trinajstić information content (AvgIpc) is 2.90. The molecule has 1 fully saturated rings. The van der Waals surface area contributed by atoms with E-state index in [0.717, 1.165) is 62.6 Å². The molecule has 0 radical (unpaired) electrons. The van der Waals surface area contributed by atoms with Crippen molar-refractivity contribution in [1.29, 1.82) is 0 Å². The summed E-state index contributed by atoms with van der Waals surface area (Å²) in [6.07, 6.45) is 5.93. The minimum atomic E-state index is -0.137. The van der Waals surface area contributed by atoms with Gasteiger partial charge in [-0.25, -0.2) is 9.97 Å². The van der Waals surface area contributed by atoms with Crippen LogP contribution in [0.5, 0.6) is 0 Å². The number of aryl methyl sites for hydroxylation is 1. The lowest BCUT2D eigenvalue weighted by atomic mass is 10.0. The predicted molar refractivity (Wildman–Crippen MR) is 147 cm³/mol. The van der Waals surface area contributed by atoms with Crippen LogP contribution in [0.3, 0.4) is 0 Å². The van der Waals surface area contributed by atoms with Crippen molar-refractivity contribution in [2.45, 2.75) is 58.7 Å². The summed E-state index contributed by atoms with van der Waals surface area (Å²) >= 11 is 0. The maximum absolute atomic E-state index is 11.9. The Morgan fingerprint density at radius 3 is 2.62 bits per heavy atom. The van der Waals surface area contributed by atoms with Gasteiger partial charge in [0.25, 0.3) is 5.56 Å². The van der Waals surface area contributed by atoms with E-state index in [0.29, 0.717) is 24.0 Å². The number of aromatic amines is 1. The Balaban J connectivity index is 1.29. The van der Waals surface area contributed by atoms with Crippen LogP contribution < -0.4 is 16.2 Å². The van der Waals surface area contributed by atoms with Crippen LogP contribution in [0.4, 0.5) is 11.8 Å². The molecule has 3 N–H and O–H groups in total. The second kappa shape index (κ2) is 12.3. The van der Waals surface area contributed by atoms with Gasteiger partial charge in [-0.2, -0.15) is 4.98 Å². The minimum Gasteiger partial charge on any atom is -0.362 e. The number of aromatic nitrogens is 4. The molecule has 0 saturated carbocycles. The molecule has 3 aromatic rings. The van der Waals surface area contributed by atoms with Gasteiger partial charge < -0.3 is 20.5 Å². The molecule has 0 unspecified atom stereocenters. The number of hydrogen-bond acceptors (Lipinski definition) is 8. The Morgan fingerprint density at radius 1 is 0.973 bits per heavy atom. The van der Waals surface area contributed by atoms with Crippen LogP contribution in [0.1, 0.15) is 54.0 Å². The van der Waals surface area contributed by atoms with Crippen LogP contribution in [-0.2, 0) is 26.1 Å². The predicted octanol–water partition coefficient (Wildman–Crippen LogP) is 3.33. The Labute approximate surface area is 218 Å². The lowest BCUT2D eigenvalue weighted by molar-refractivity contribution is 0.228. The van der Waals surface area contributed by atoms with Crippen molar-refractivity contribution in [3.63, 3.8) is 0 Å². The molecule has 2 aliphatic heterocycles. The molecule has 1 saturated heterocycles. The molecule has 4 heterocycles. The van der Waals surface area contributed by atoms with Gasteiger partial charge in [0.05, 0.1) is 12.2 Å². The van der Waals surface area contributed by atoms with Crippen molar-refractivity contribution in [3.05, 3.63) is 75.1 Å². The SMILES string of the molecule is Cc1cc(=O)[nH]c(CNc2nc(NCCCN3CCCCC3)nc3c2CCN(Cc2ccccc2)C3)n1. The first-order valence-corrected chi connectivity index (χ1v) is 13.6. The highest BCUT2D eigenvalue weighted by molar-refractivity contribution is 5.51. The number of H-pyrrole nitrogens is 1. The number of likely N-dealkylation sites (tertiary alicyclic amines) is 1. The molecule has 9 heteroatoms. The molecule has 2 aliphatic rings. The molecule has 0 spiro atoms. The minimum absolute atomic E-state index is 0.137. The van der Waals surface area contributed by atoms with Gasteiger partial charge in [0.1, 0.15) is 11.6 Å². The molecule has 9 nitrogen and oxygen atoms in total. The Morgan fingerprint density at radius 2 is 1.81 bits per heavy atom. The molecule has 0 atom stereocenters. The Kier molecular flexibility index (Phi) is 8.42. The molecule has 0 aliphatic carbocycles. The molecule has 37 heavy (non-hydrogen) atoms. The second-order valence-corrected chi connectivity index (χ2v) is 10.1. The van der Waals surface area contributed by atoms with E-state index in [-0.39, 0.29) is 5.56 Å². The van der Waals surface area contributed by atoms with Crippen molar-refractivity contribution >= 4 is 11.8 Å². The zero-order valence-electron chi connectivity index (χ0n) is 21.8. The van der Waals surface area contributed by atoms with Crippen LogP contribution in [0.2, 0.25) is 0 Å². The zero-order valence-corrected chi connectivity index (χ0v) is 21.8. The third-order valence-corrected chi connectivity index (χ3v) is 7.12. The largest absolute Gasteiger partial charge is 0.362 e. The molecule has 5 rings (SSSR count). The highest BCUT2D eigenvalue weighted by atomic mass is 16.1. The summed E-state index contributed by atoms with van der Waals surface area (Å²) in [6, 6.07) is 12.1. The van der Waals surface area contributed by atoms with Crippen molar-refractivity contribution < 1.29 is 0 Å². The third kappa shape index (κ3) is 7.14. The monoisotopic (exact) mass is 502 g/mol. The summed E-state index contributed by atoms with van der Waals surface area (Å²) in [5, 5.41) is 6.91. The number of piperidine rings is 1. The van der Waals surface area contributed by atoms with E-state index in [9.17, 15) is 4.79 Å². The van der Waals surface area contributed by atoms with E-state index in [1.54, 1.807) is 0 Å². The summed E-state index contributed by atoms with van der Waals surface area (Å²) in [7, 11) is 0. The highest BCUT2D eigenvalue weighted by Crippen LogP contribution is 2.26. The Hall–Kier alpha value is -3.30. The second-order valence-electron chi connectivity index (χ2n) is 10.1. The van der Waals surface area contributed by atoms with Crippen molar-refractivity contribution in [1.82, 2.24) is 29.7 Å². The van der Waals surface area contributed by atoms with Gasteiger partial charge >= 0.3 is 0 Å². The first kappa shape index (κ1) is 25.4. The van der Waals surface area contributed by atoms with E-state index in [2.05, 4.69) is 60.7 Å². The first-order valence-electron chi connectivity index (χ1n) is 13.6.